The van der Waals surface area contributed by atoms with Crippen molar-refractivity contribution in [2.24, 2.45) is 11.8 Å². The van der Waals surface area contributed by atoms with Gasteiger partial charge in [0.1, 0.15) is 0 Å². The summed E-state index contributed by atoms with van der Waals surface area (Å²) in [7, 11) is 0. The monoisotopic (exact) mass is 224 g/mol. The first kappa shape index (κ1) is 11.2. The number of hydrogen-bond donors (Lipinski definition) is 1. The van der Waals surface area contributed by atoms with Crippen LogP contribution in [0.1, 0.15) is 49.2 Å². The fraction of sp³-hybridized carbons (Fsp3) is 0.692. The molecule has 1 aliphatic rings. The van der Waals surface area contributed by atoms with Crippen molar-refractivity contribution in [3.63, 3.8) is 0 Å². The second kappa shape index (κ2) is 4.67. The second-order valence-electron chi connectivity index (χ2n) is 4.94. The third-order valence-corrected chi connectivity index (χ3v) is 4.68. The molecule has 0 amide bonds. The van der Waals surface area contributed by atoms with Gasteiger partial charge in [-0.15, -0.1) is 11.3 Å². The maximum atomic E-state index is 10.3. The van der Waals surface area contributed by atoms with E-state index in [9.17, 15) is 5.11 Å². The van der Waals surface area contributed by atoms with Gasteiger partial charge in [0.05, 0.1) is 6.10 Å². The Balaban J connectivity index is 2.07. The first-order chi connectivity index (χ1) is 7.18. The van der Waals surface area contributed by atoms with E-state index < -0.39 is 0 Å². The molecule has 0 aliphatic heterocycles. The van der Waals surface area contributed by atoms with Crippen LogP contribution in [-0.4, -0.2) is 5.11 Å². The molecule has 1 fully saturated rings. The van der Waals surface area contributed by atoms with Gasteiger partial charge in [0, 0.05) is 4.88 Å². The molecule has 0 aromatic carbocycles. The van der Waals surface area contributed by atoms with E-state index in [4.69, 9.17) is 0 Å². The Morgan fingerprint density at radius 3 is 2.87 bits per heavy atom. The third kappa shape index (κ3) is 2.43. The standard InChI is InChI=1S/C13H20OS/c1-9-4-3-5-11(8-9)12(14)13-10(2)6-7-15-13/h6-7,9,11-12,14H,3-5,8H2,1-2H3. The van der Waals surface area contributed by atoms with Crippen molar-refractivity contribution in [3.8, 4) is 0 Å². The van der Waals surface area contributed by atoms with Gasteiger partial charge in [-0.1, -0.05) is 19.8 Å². The fourth-order valence-corrected chi connectivity index (χ4v) is 3.67. The van der Waals surface area contributed by atoms with Crippen LogP contribution in [0.2, 0.25) is 0 Å². The molecule has 1 aromatic heterocycles. The summed E-state index contributed by atoms with van der Waals surface area (Å²) in [5.74, 6) is 1.28. The molecular weight excluding hydrogens is 204 g/mol. The molecule has 84 valence electrons. The van der Waals surface area contributed by atoms with Crippen LogP contribution < -0.4 is 0 Å². The summed E-state index contributed by atoms with van der Waals surface area (Å²) in [4.78, 5) is 1.19. The van der Waals surface area contributed by atoms with E-state index in [2.05, 4.69) is 25.3 Å². The highest BCUT2D eigenvalue weighted by atomic mass is 32.1. The molecule has 1 nitrogen and oxygen atoms in total. The van der Waals surface area contributed by atoms with Crippen LogP contribution in [0.25, 0.3) is 0 Å². The van der Waals surface area contributed by atoms with E-state index in [0.29, 0.717) is 5.92 Å². The molecule has 2 heteroatoms. The Morgan fingerprint density at radius 2 is 2.27 bits per heavy atom. The zero-order chi connectivity index (χ0) is 10.8. The molecule has 3 atom stereocenters. The maximum Gasteiger partial charge on any atom is 0.0912 e. The molecule has 0 radical (unpaired) electrons. The summed E-state index contributed by atoms with van der Waals surface area (Å²) in [6, 6.07) is 2.11. The Labute approximate surface area is 96.1 Å². The lowest BCUT2D eigenvalue weighted by atomic mass is 9.79. The highest BCUT2D eigenvalue weighted by Crippen LogP contribution is 2.39. The van der Waals surface area contributed by atoms with Crippen LogP contribution in [0.15, 0.2) is 11.4 Å². The average molecular weight is 224 g/mol. The molecule has 15 heavy (non-hydrogen) atoms. The van der Waals surface area contributed by atoms with Gasteiger partial charge in [-0.3, -0.25) is 0 Å². The van der Waals surface area contributed by atoms with E-state index in [0.717, 1.165) is 5.92 Å². The molecule has 3 unspecified atom stereocenters. The summed E-state index contributed by atoms with van der Waals surface area (Å²) in [6.07, 6.45) is 4.80. The predicted octanol–water partition coefficient (Wildman–Crippen LogP) is 3.92. The van der Waals surface area contributed by atoms with Gasteiger partial charge in [0.15, 0.2) is 0 Å². The number of hydrogen-bond acceptors (Lipinski definition) is 2. The Bertz CT molecular complexity index is 318. The van der Waals surface area contributed by atoms with E-state index in [1.807, 2.05) is 0 Å². The lowest BCUT2D eigenvalue weighted by Crippen LogP contribution is -2.20. The highest BCUT2D eigenvalue weighted by Gasteiger charge is 2.27. The van der Waals surface area contributed by atoms with Gasteiger partial charge in [-0.05, 0) is 48.6 Å². The lowest BCUT2D eigenvalue weighted by Gasteiger charge is -2.30. The third-order valence-electron chi connectivity index (χ3n) is 3.59. The fourth-order valence-electron chi connectivity index (χ4n) is 2.67. The first-order valence-electron chi connectivity index (χ1n) is 5.90. The predicted molar refractivity (Wildman–Crippen MR) is 65.1 cm³/mol. The van der Waals surface area contributed by atoms with Crippen molar-refractivity contribution < 1.29 is 5.11 Å². The highest BCUT2D eigenvalue weighted by molar-refractivity contribution is 7.10. The van der Waals surface area contributed by atoms with Crippen molar-refractivity contribution >= 4 is 11.3 Å². The topological polar surface area (TPSA) is 20.2 Å². The van der Waals surface area contributed by atoms with Crippen LogP contribution in [0.4, 0.5) is 0 Å². The SMILES string of the molecule is Cc1ccsc1C(O)C1CCCC(C)C1. The minimum Gasteiger partial charge on any atom is -0.387 e. The van der Waals surface area contributed by atoms with Crippen LogP contribution in [0, 0.1) is 18.8 Å². The van der Waals surface area contributed by atoms with E-state index >= 15 is 0 Å². The number of thiophene rings is 1. The van der Waals surface area contributed by atoms with E-state index in [1.54, 1.807) is 11.3 Å². The number of rotatable bonds is 2. The van der Waals surface area contributed by atoms with Crippen LogP contribution in [0.5, 0.6) is 0 Å². The molecule has 1 aromatic rings. The summed E-state index contributed by atoms with van der Waals surface area (Å²) in [6.45, 7) is 4.40. The van der Waals surface area contributed by atoms with Crippen LogP contribution >= 0.6 is 11.3 Å². The van der Waals surface area contributed by atoms with Gasteiger partial charge in [0.2, 0.25) is 0 Å². The number of aliphatic hydroxyl groups excluding tert-OH is 1. The van der Waals surface area contributed by atoms with Crippen molar-refractivity contribution in [3.05, 3.63) is 21.9 Å². The minimum absolute atomic E-state index is 0.215. The summed E-state index contributed by atoms with van der Waals surface area (Å²) < 4.78 is 0. The molecular formula is C13H20OS. The normalized spacial score (nSPS) is 29.0. The number of aryl methyl sites for hydroxylation is 1. The molecule has 0 saturated heterocycles. The molecule has 2 rings (SSSR count). The lowest BCUT2D eigenvalue weighted by molar-refractivity contribution is 0.0738. The molecule has 1 aliphatic carbocycles. The minimum atomic E-state index is -0.215. The maximum absolute atomic E-state index is 10.3. The number of aliphatic hydroxyl groups is 1. The first-order valence-corrected chi connectivity index (χ1v) is 6.78. The average Bonchev–Trinajstić information content (AvgIpc) is 2.63. The second-order valence-corrected chi connectivity index (χ2v) is 5.89. The van der Waals surface area contributed by atoms with Gasteiger partial charge in [-0.25, -0.2) is 0 Å². The largest absolute Gasteiger partial charge is 0.387 e. The molecule has 0 bridgehead atoms. The Kier molecular flexibility index (Phi) is 3.47. The zero-order valence-electron chi connectivity index (χ0n) is 9.57. The Morgan fingerprint density at radius 1 is 1.47 bits per heavy atom. The molecule has 1 heterocycles. The zero-order valence-corrected chi connectivity index (χ0v) is 10.4. The molecule has 0 spiro atoms. The molecule has 1 saturated carbocycles. The summed E-state index contributed by atoms with van der Waals surface area (Å²) in [5.41, 5.74) is 1.26. The van der Waals surface area contributed by atoms with Crippen molar-refractivity contribution in [1.29, 1.82) is 0 Å². The van der Waals surface area contributed by atoms with E-state index in [1.165, 1.54) is 36.1 Å². The van der Waals surface area contributed by atoms with Gasteiger partial charge >= 0.3 is 0 Å². The summed E-state index contributed by atoms with van der Waals surface area (Å²) >= 11 is 1.70. The van der Waals surface area contributed by atoms with Crippen LogP contribution in [0.3, 0.4) is 0 Å². The van der Waals surface area contributed by atoms with Gasteiger partial charge in [-0.2, -0.15) is 0 Å². The van der Waals surface area contributed by atoms with Crippen molar-refractivity contribution in [1.82, 2.24) is 0 Å². The smallest absolute Gasteiger partial charge is 0.0912 e. The van der Waals surface area contributed by atoms with E-state index in [-0.39, 0.29) is 6.10 Å². The summed E-state index contributed by atoms with van der Waals surface area (Å²) in [5, 5.41) is 12.4. The van der Waals surface area contributed by atoms with Gasteiger partial charge < -0.3 is 5.11 Å². The quantitative estimate of drug-likeness (QED) is 0.807. The van der Waals surface area contributed by atoms with Gasteiger partial charge in [0.25, 0.3) is 0 Å². The van der Waals surface area contributed by atoms with Crippen molar-refractivity contribution in [2.45, 2.75) is 45.6 Å². The van der Waals surface area contributed by atoms with Crippen LogP contribution in [-0.2, 0) is 0 Å². The van der Waals surface area contributed by atoms with Crippen molar-refractivity contribution in [2.75, 3.05) is 0 Å². The Hall–Kier alpha value is -0.340. The molecule has 1 N–H and O–H groups in total.